The van der Waals surface area contributed by atoms with E-state index in [1.807, 2.05) is 84.9 Å². The highest BCUT2D eigenvalue weighted by Crippen LogP contribution is 2.58. The second-order valence-corrected chi connectivity index (χ2v) is 15.5. The number of nitrogens with zero attached hydrogens (tertiary/aromatic N) is 2. The molecule has 1 atom stereocenters. The molecule has 1 aliphatic carbocycles. The molecule has 0 saturated heterocycles. The number of benzene rings is 10. The van der Waals surface area contributed by atoms with Gasteiger partial charge in [0.2, 0.25) is 0 Å². The lowest BCUT2D eigenvalue weighted by atomic mass is 9.67. The fourth-order valence-electron chi connectivity index (χ4n) is 9.62. The summed E-state index contributed by atoms with van der Waals surface area (Å²) >= 11 is 0. The van der Waals surface area contributed by atoms with Gasteiger partial charge in [0.05, 0.1) is 26.0 Å². The quantitative estimate of drug-likeness (QED) is 0.156. The molecule has 286 valence electrons. The SMILES string of the molecule is [2H]c1c([2H])c([2H])c2c([2H])c(C3(c4ccc5c6ccccc6n(-c6ccccc6)c5c4)c4ccccc4-c4cc(N(c5ccccc5)c5ccc(-c6ccccc6)cc5)ccc43)c([2H])c([2H])c2c1[2H]. The first kappa shape index (κ1) is 28.5. The number of fused-ring (bicyclic) bond motifs is 7. The molecule has 0 amide bonds. The van der Waals surface area contributed by atoms with Crippen LogP contribution in [-0.4, -0.2) is 4.57 Å². The zero-order valence-corrected chi connectivity index (χ0v) is 32.9. The molecule has 61 heavy (non-hydrogen) atoms. The monoisotopic (exact) mass is 783 g/mol. The predicted molar refractivity (Wildman–Crippen MR) is 256 cm³/mol. The third-order valence-corrected chi connectivity index (χ3v) is 12.3. The lowest BCUT2D eigenvalue weighted by Crippen LogP contribution is -2.28. The lowest BCUT2D eigenvalue weighted by Gasteiger charge is -2.34. The summed E-state index contributed by atoms with van der Waals surface area (Å²) < 4.78 is 67.4. The Morgan fingerprint density at radius 1 is 0.410 bits per heavy atom. The predicted octanol–water partition coefficient (Wildman–Crippen LogP) is 15.4. The van der Waals surface area contributed by atoms with Crippen LogP contribution in [0.5, 0.6) is 0 Å². The van der Waals surface area contributed by atoms with Gasteiger partial charge in [-0.2, -0.15) is 0 Å². The molecule has 1 aromatic heterocycles. The van der Waals surface area contributed by atoms with E-state index in [-0.39, 0.29) is 34.5 Å². The summed E-state index contributed by atoms with van der Waals surface area (Å²) in [5, 5.41) is 1.87. The van der Waals surface area contributed by atoms with Crippen LogP contribution in [0.4, 0.5) is 17.1 Å². The molecule has 1 aliphatic rings. The standard InChI is InChI=1S/C59H40N2/c1-4-16-41(17-5-1)43-29-33-49(34-30-43)60(47-20-6-2-7-21-47)50-35-37-56-54(40-50)51-24-12-14-26-55(51)59(56,45-31-28-42-18-10-11-19-44(42)38-45)46-32-36-53-52-25-13-15-27-57(52)61(58(53)39-46)48-22-8-3-9-23-48/h1-40H/i10D,11D,18D,19D,28D,31D,38D. The second-order valence-electron chi connectivity index (χ2n) is 15.5. The van der Waals surface area contributed by atoms with Crippen LogP contribution >= 0.6 is 0 Å². The van der Waals surface area contributed by atoms with Crippen molar-refractivity contribution in [3.63, 3.8) is 0 Å². The maximum absolute atomic E-state index is 10.2. The van der Waals surface area contributed by atoms with Crippen molar-refractivity contribution < 1.29 is 9.60 Å². The maximum atomic E-state index is 10.2. The maximum Gasteiger partial charge on any atom is 0.0714 e. The van der Waals surface area contributed by atoms with Crippen LogP contribution in [0.25, 0.3) is 60.5 Å². The number of aromatic nitrogens is 1. The highest BCUT2D eigenvalue weighted by Gasteiger charge is 2.46. The minimum atomic E-state index is -1.40. The zero-order valence-electron chi connectivity index (χ0n) is 39.9. The Kier molecular flexibility index (Phi) is 6.59. The molecule has 2 heteroatoms. The molecular weight excluding hydrogens is 737 g/mol. The smallest absolute Gasteiger partial charge is 0.0714 e. The molecule has 0 spiro atoms. The summed E-state index contributed by atoms with van der Waals surface area (Å²) in [6.07, 6.45) is 0. The van der Waals surface area contributed by atoms with E-state index < -0.39 is 29.6 Å². The summed E-state index contributed by atoms with van der Waals surface area (Å²) in [4.78, 5) is 2.22. The first-order valence-corrected chi connectivity index (χ1v) is 20.5. The van der Waals surface area contributed by atoms with Gasteiger partial charge in [-0.05, 0) is 122 Å². The van der Waals surface area contributed by atoms with Crippen molar-refractivity contribution in [2.24, 2.45) is 0 Å². The first-order chi connectivity index (χ1) is 33.2. The number of anilines is 3. The van der Waals surface area contributed by atoms with Crippen LogP contribution in [0.15, 0.2) is 242 Å². The van der Waals surface area contributed by atoms with Crippen molar-refractivity contribution in [3.05, 3.63) is 265 Å². The van der Waals surface area contributed by atoms with Gasteiger partial charge in [-0.15, -0.1) is 0 Å². The zero-order chi connectivity index (χ0) is 46.4. The Bertz CT molecular complexity index is 3820. The van der Waals surface area contributed by atoms with Crippen molar-refractivity contribution in [2.45, 2.75) is 5.41 Å². The average Bonchev–Trinajstić information content (AvgIpc) is 3.87. The van der Waals surface area contributed by atoms with Crippen LogP contribution in [0.3, 0.4) is 0 Å². The third-order valence-electron chi connectivity index (χ3n) is 12.3. The normalized spacial score (nSPS) is 15.9. The van der Waals surface area contributed by atoms with Crippen LogP contribution in [0.2, 0.25) is 0 Å². The van der Waals surface area contributed by atoms with Gasteiger partial charge in [0.25, 0.3) is 0 Å². The minimum Gasteiger partial charge on any atom is -0.310 e. The van der Waals surface area contributed by atoms with Crippen molar-refractivity contribution in [1.29, 1.82) is 0 Å². The molecule has 0 fully saturated rings. The van der Waals surface area contributed by atoms with Crippen LogP contribution < -0.4 is 4.90 Å². The molecule has 0 aliphatic heterocycles. The van der Waals surface area contributed by atoms with Gasteiger partial charge >= 0.3 is 0 Å². The first-order valence-electron chi connectivity index (χ1n) is 24.0. The van der Waals surface area contributed by atoms with Gasteiger partial charge in [-0.3, -0.25) is 0 Å². The number of hydrogen-bond donors (Lipinski definition) is 0. The van der Waals surface area contributed by atoms with E-state index in [2.05, 4.69) is 125 Å². The molecule has 2 nitrogen and oxygen atoms in total. The molecule has 0 saturated carbocycles. The second kappa shape index (κ2) is 14.1. The van der Waals surface area contributed by atoms with E-state index in [0.29, 0.717) is 0 Å². The molecule has 0 radical (unpaired) electrons. The average molecular weight is 784 g/mol. The summed E-state index contributed by atoms with van der Waals surface area (Å²) in [5.74, 6) is 0. The molecule has 0 N–H and O–H groups in total. The molecule has 11 aromatic rings. The Balaban J connectivity index is 1.18. The van der Waals surface area contributed by atoms with E-state index in [1.165, 1.54) is 0 Å². The fraction of sp³-hybridized carbons (Fsp3) is 0.0169. The van der Waals surface area contributed by atoms with Crippen LogP contribution in [-0.2, 0) is 5.41 Å². The van der Waals surface area contributed by atoms with Crippen molar-refractivity contribution >= 4 is 49.6 Å². The van der Waals surface area contributed by atoms with E-state index in [9.17, 15) is 5.48 Å². The summed E-state index contributed by atoms with van der Waals surface area (Å²) in [6.45, 7) is 0. The Morgan fingerprint density at radius 3 is 1.85 bits per heavy atom. The van der Waals surface area contributed by atoms with Crippen LogP contribution in [0, 0.1) is 0 Å². The van der Waals surface area contributed by atoms with Crippen molar-refractivity contribution in [1.82, 2.24) is 4.57 Å². The van der Waals surface area contributed by atoms with Crippen LogP contribution in [0.1, 0.15) is 31.8 Å². The van der Waals surface area contributed by atoms with E-state index >= 15 is 0 Å². The van der Waals surface area contributed by atoms with Gasteiger partial charge in [-0.25, -0.2) is 0 Å². The third kappa shape index (κ3) is 5.50. The molecule has 12 rings (SSSR count). The number of hydrogen-bond acceptors (Lipinski definition) is 1. The molecule has 1 heterocycles. The van der Waals surface area contributed by atoms with E-state index in [1.54, 1.807) is 0 Å². The molecule has 10 aromatic carbocycles. The van der Waals surface area contributed by atoms with Crippen molar-refractivity contribution in [3.8, 4) is 27.9 Å². The molecule has 0 bridgehead atoms. The molecule has 1 unspecified atom stereocenters. The highest BCUT2D eigenvalue weighted by molar-refractivity contribution is 6.10. The summed E-state index contributed by atoms with van der Waals surface area (Å²) in [6, 6.07) is 65.6. The summed E-state index contributed by atoms with van der Waals surface area (Å²) in [5.41, 5.74) is 10.8. The Labute approximate surface area is 365 Å². The molecular formula is C59H40N2. The van der Waals surface area contributed by atoms with Crippen molar-refractivity contribution in [2.75, 3.05) is 4.90 Å². The summed E-state index contributed by atoms with van der Waals surface area (Å²) in [7, 11) is 0. The Hall–Kier alpha value is -7.94. The highest BCUT2D eigenvalue weighted by atomic mass is 15.1. The van der Waals surface area contributed by atoms with Gasteiger partial charge < -0.3 is 9.47 Å². The fourth-order valence-corrected chi connectivity index (χ4v) is 9.62. The van der Waals surface area contributed by atoms with E-state index in [0.717, 1.165) is 83.5 Å². The lowest BCUT2D eigenvalue weighted by molar-refractivity contribution is 0.771. The van der Waals surface area contributed by atoms with Gasteiger partial charge in [0, 0.05) is 33.5 Å². The number of rotatable bonds is 7. The minimum absolute atomic E-state index is 0.0809. The van der Waals surface area contributed by atoms with Gasteiger partial charge in [-0.1, -0.05) is 176 Å². The Morgan fingerprint density at radius 2 is 1.03 bits per heavy atom. The number of para-hydroxylation sites is 3. The van der Waals surface area contributed by atoms with Gasteiger partial charge in [0.15, 0.2) is 0 Å². The largest absolute Gasteiger partial charge is 0.310 e. The van der Waals surface area contributed by atoms with Gasteiger partial charge in [0.1, 0.15) is 0 Å². The topological polar surface area (TPSA) is 8.17 Å². The van der Waals surface area contributed by atoms with E-state index in [4.69, 9.17) is 4.11 Å².